The van der Waals surface area contributed by atoms with Crippen molar-refractivity contribution >= 4 is 40.2 Å². The standard InChI is InChI=1S/C31H28F4N6O3S/c1-3-4-21-6-5-19(2)15-26(21)41-28(42)17-45-30(41)38-29(43)37-22-9-7-20(25(32)16-22)8-14-27-36-18-40(39-27)23-10-12-24(13-11-23)44-31(33,34)35/h5-7,9-13,15-16,18H,3-4,8,14,17H2,1-2H3,(H,37,43). The third kappa shape index (κ3) is 8.06. The average Bonchev–Trinajstić information content (AvgIpc) is 3.59. The Morgan fingerprint density at radius 3 is 2.51 bits per heavy atom. The summed E-state index contributed by atoms with van der Waals surface area (Å²) in [6.45, 7) is 3.98. The number of benzene rings is 3. The number of thioether (sulfide) groups is 1. The lowest BCUT2D eigenvalue weighted by Crippen LogP contribution is -2.31. The molecule has 0 atom stereocenters. The molecule has 45 heavy (non-hydrogen) atoms. The van der Waals surface area contributed by atoms with Gasteiger partial charge in [0.15, 0.2) is 11.0 Å². The largest absolute Gasteiger partial charge is 0.573 e. The lowest BCUT2D eigenvalue weighted by Gasteiger charge is -2.20. The average molecular weight is 641 g/mol. The Morgan fingerprint density at radius 1 is 1.04 bits per heavy atom. The van der Waals surface area contributed by atoms with Gasteiger partial charge in [0.2, 0.25) is 5.91 Å². The second kappa shape index (κ2) is 13.5. The number of alkyl halides is 3. The predicted molar refractivity (Wildman–Crippen MR) is 163 cm³/mol. The van der Waals surface area contributed by atoms with Gasteiger partial charge in [-0.1, -0.05) is 43.3 Å². The summed E-state index contributed by atoms with van der Waals surface area (Å²) in [7, 11) is 0. The molecule has 1 aromatic heterocycles. The van der Waals surface area contributed by atoms with Crippen LogP contribution in [0.25, 0.3) is 5.69 Å². The van der Waals surface area contributed by atoms with E-state index >= 15 is 0 Å². The molecule has 0 unspecified atom stereocenters. The van der Waals surface area contributed by atoms with E-state index in [1.807, 2.05) is 32.0 Å². The molecular formula is C31H28F4N6O3S. The molecule has 234 valence electrons. The Morgan fingerprint density at radius 2 is 1.80 bits per heavy atom. The SMILES string of the molecule is CCCc1ccc(C)cc1N1C(=O)CSC1=NC(=O)Nc1ccc(CCc2ncn(-c3ccc(OC(F)(F)F)cc3)n2)c(F)c1. The molecule has 0 bridgehead atoms. The first kappa shape index (κ1) is 31.7. The number of aliphatic imine (C=N–C) groups is 1. The molecule has 0 aliphatic carbocycles. The first-order valence-corrected chi connectivity index (χ1v) is 15.0. The van der Waals surface area contributed by atoms with Crippen molar-refractivity contribution in [2.45, 2.75) is 45.9 Å². The molecule has 14 heteroatoms. The van der Waals surface area contributed by atoms with E-state index in [1.54, 1.807) is 12.1 Å². The van der Waals surface area contributed by atoms with Gasteiger partial charge in [0.05, 0.1) is 17.1 Å². The van der Waals surface area contributed by atoms with Crippen LogP contribution in [0.3, 0.4) is 0 Å². The summed E-state index contributed by atoms with van der Waals surface area (Å²) in [4.78, 5) is 35.3. The summed E-state index contributed by atoms with van der Waals surface area (Å²) in [5.74, 6) is -0.506. The van der Waals surface area contributed by atoms with Crippen molar-refractivity contribution in [3.63, 3.8) is 0 Å². The maximum atomic E-state index is 14.9. The molecular weight excluding hydrogens is 612 g/mol. The van der Waals surface area contributed by atoms with Crippen molar-refractivity contribution in [3.05, 3.63) is 95.3 Å². The number of aromatic nitrogens is 3. The highest BCUT2D eigenvalue weighted by Gasteiger charge is 2.32. The van der Waals surface area contributed by atoms with Crippen LogP contribution in [-0.2, 0) is 24.1 Å². The van der Waals surface area contributed by atoms with E-state index in [1.165, 1.54) is 58.0 Å². The van der Waals surface area contributed by atoms with Gasteiger partial charge < -0.3 is 10.1 Å². The molecule has 1 aliphatic rings. The van der Waals surface area contributed by atoms with Gasteiger partial charge in [-0.2, -0.15) is 10.1 Å². The number of nitrogens with one attached hydrogen (secondary N) is 1. The summed E-state index contributed by atoms with van der Waals surface area (Å²) in [5.41, 5.74) is 3.72. The summed E-state index contributed by atoms with van der Waals surface area (Å²) < 4.78 is 57.3. The molecule has 5 rings (SSSR count). The van der Waals surface area contributed by atoms with Crippen LogP contribution in [-0.4, -0.2) is 44.0 Å². The van der Waals surface area contributed by atoms with Crippen molar-refractivity contribution in [3.8, 4) is 11.4 Å². The lowest BCUT2D eigenvalue weighted by atomic mass is 10.0. The minimum Gasteiger partial charge on any atom is -0.406 e. The molecule has 3 aromatic carbocycles. The van der Waals surface area contributed by atoms with Crippen molar-refractivity contribution in [1.29, 1.82) is 0 Å². The number of aryl methyl sites for hydroxylation is 4. The number of hydrogen-bond donors (Lipinski definition) is 1. The lowest BCUT2D eigenvalue weighted by molar-refractivity contribution is -0.274. The van der Waals surface area contributed by atoms with Gasteiger partial charge in [-0.15, -0.1) is 13.2 Å². The van der Waals surface area contributed by atoms with Gasteiger partial charge in [-0.3, -0.25) is 9.69 Å². The zero-order valence-corrected chi connectivity index (χ0v) is 25.1. The highest BCUT2D eigenvalue weighted by molar-refractivity contribution is 8.15. The molecule has 3 amide bonds. The number of hydrogen-bond acceptors (Lipinski definition) is 6. The number of anilines is 2. The number of amidine groups is 1. The summed E-state index contributed by atoms with van der Waals surface area (Å²) in [6, 6.07) is 14.6. The molecule has 9 nitrogen and oxygen atoms in total. The second-order valence-electron chi connectivity index (χ2n) is 10.2. The quantitative estimate of drug-likeness (QED) is 0.197. The maximum absolute atomic E-state index is 14.9. The number of halogens is 4. The van der Waals surface area contributed by atoms with Crippen LogP contribution < -0.4 is 15.0 Å². The van der Waals surface area contributed by atoms with E-state index in [0.717, 1.165) is 24.0 Å². The van der Waals surface area contributed by atoms with Gasteiger partial charge in [0.25, 0.3) is 0 Å². The van der Waals surface area contributed by atoms with Gasteiger partial charge >= 0.3 is 12.4 Å². The van der Waals surface area contributed by atoms with Crippen LogP contribution in [0.15, 0.2) is 72.0 Å². The van der Waals surface area contributed by atoms with Crippen LogP contribution in [0, 0.1) is 12.7 Å². The van der Waals surface area contributed by atoms with Gasteiger partial charge in [0.1, 0.15) is 17.9 Å². The van der Waals surface area contributed by atoms with Crippen molar-refractivity contribution < 1.29 is 31.9 Å². The van der Waals surface area contributed by atoms with Crippen LogP contribution in [0.1, 0.15) is 35.9 Å². The van der Waals surface area contributed by atoms with Crippen molar-refractivity contribution in [2.75, 3.05) is 16.0 Å². The summed E-state index contributed by atoms with van der Waals surface area (Å²) in [6.07, 6.45) is -1.17. The van der Waals surface area contributed by atoms with Gasteiger partial charge in [0, 0.05) is 12.1 Å². The monoisotopic (exact) mass is 640 g/mol. The first-order chi connectivity index (χ1) is 21.5. The Balaban J connectivity index is 1.21. The fourth-order valence-corrected chi connectivity index (χ4v) is 5.55. The normalized spacial score (nSPS) is 14.3. The third-order valence-corrected chi connectivity index (χ3v) is 7.68. The molecule has 0 saturated carbocycles. The fourth-order valence-electron chi connectivity index (χ4n) is 4.69. The van der Waals surface area contributed by atoms with Crippen LogP contribution >= 0.6 is 11.8 Å². The molecule has 1 fully saturated rings. The van der Waals surface area contributed by atoms with E-state index in [2.05, 4.69) is 25.1 Å². The number of carbonyl (C=O) groups excluding carboxylic acids is 2. The highest BCUT2D eigenvalue weighted by atomic mass is 32.2. The Bertz CT molecular complexity index is 1740. The predicted octanol–water partition coefficient (Wildman–Crippen LogP) is 7.02. The smallest absolute Gasteiger partial charge is 0.406 e. The number of carbonyl (C=O) groups is 2. The molecule has 1 saturated heterocycles. The molecule has 2 heterocycles. The number of urea groups is 1. The van der Waals surface area contributed by atoms with E-state index < -0.39 is 18.2 Å². The van der Waals surface area contributed by atoms with Gasteiger partial charge in [-0.25, -0.2) is 18.9 Å². The molecule has 1 N–H and O–H groups in total. The maximum Gasteiger partial charge on any atom is 0.573 e. The minimum atomic E-state index is -4.78. The van der Waals surface area contributed by atoms with E-state index in [0.29, 0.717) is 29.2 Å². The summed E-state index contributed by atoms with van der Waals surface area (Å²) >= 11 is 1.17. The molecule has 0 spiro atoms. The minimum absolute atomic E-state index is 0.158. The van der Waals surface area contributed by atoms with Gasteiger partial charge in [-0.05, 0) is 78.9 Å². The second-order valence-corrected chi connectivity index (χ2v) is 11.1. The van der Waals surface area contributed by atoms with E-state index in [9.17, 15) is 27.2 Å². The fraction of sp³-hybridized carbons (Fsp3) is 0.258. The molecule has 4 aromatic rings. The Kier molecular flexibility index (Phi) is 9.51. The number of amides is 3. The topological polar surface area (TPSA) is 102 Å². The first-order valence-electron chi connectivity index (χ1n) is 14.0. The van der Waals surface area contributed by atoms with Crippen molar-refractivity contribution in [2.24, 2.45) is 4.99 Å². The molecule has 1 aliphatic heterocycles. The van der Waals surface area contributed by atoms with Crippen LogP contribution in [0.4, 0.5) is 33.7 Å². The zero-order valence-electron chi connectivity index (χ0n) is 24.3. The van der Waals surface area contributed by atoms with E-state index in [4.69, 9.17) is 0 Å². The van der Waals surface area contributed by atoms with Crippen LogP contribution in [0.5, 0.6) is 5.75 Å². The number of ether oxygens (including phenoxy) is 1. The third-order valence-electron chi connectivity index (χ3n) is 6.76. The van der Waals surface area contributed by atoms with Crippen LogP contribution in [0.2, 0.25) is 0 Å². The number of rotatable bonds is 9. The Hall–Kier alpha value is -4.72. The number of nitrogens with zero attached hydrogens (tertiary/aromatic N) is 5. The van der Waals surface area contributed by atoms with Crippen molar-refractivity contribution in [1.82, 2.24) is 14.8 Å². The molecule has 0 radical (unpaired) electrons. The zero-order chi connectivity index (χ0) is 32.1. The van der Waals surface area contributed by atoms with E-state index in [-0.39, 0.29) is 34.7 Å². The summed E-state index contributed by atoms with van der Waals surface area (Å²) in [5, 5.41) is 7.14. The highest BCUT2D eigenvalue weighted by Crippen LogP contribution is 2.31. The Labute approximate surface area is 260 Å².